The molecule has 1 unspecified atom stereocenters. The molecule has 2 rings (SSSR count). The maximum absolute atomic E-state index is 11.9. The summed E-state index contributed by atoms with van der Waals surface area (Å²) in [6.07, 6.45) is 4.66. The van der Waals surface area contributed by atoms with Crippen LogP contribution in [0.25, 0.3) is 0 Å². The molecular formula is C12H20N2O2. The summed E-state index contributed by atoms with van der Waals surface area (Å²) >= 11 is 0. The van der Waals surface area contributed by atoms with E-state index in [2.05, 4.69) is 5.32 Å². The summed E-state index contributed by atoms with van der Waals surface area (Å²) in [5.41, 5.74) is 0. The van der Waals surface area contributed by atoms with Gasteiger partial charge in [-0.2, -0.15) is 0 Å². The monoisotopic (exact) mass is 224 g/mol. The Labute approximate surface area is 96.4 Å². The van der Waals surface area contributed by atoms with Crippen molar-refractivity contribution in [1.29, 1.82) is 0 Å². The summed E-state index contributed by atoms with van der Waals surface area (Å²) in [6.45, 7) is 3.31. The Balaban J connectivity index is 1.85. The summed E-state index contributed by atoms with van der Waals surface area (Å²) in [5, 5.41) is 3.02. The molecule has 1 heterocycles. The lowest BCUT2D eigenvalue weighted by Gasteiger charge is -2.31. The number of hydrogen-bond donors (Lipinski definition) is 1. The number of nitrogens with one attached hydrogen (secondary N) is 1. The van der Waals surface area contributed by atoms with Crippen LogP contribution >= 0.6 is 0 Å². The molecule has 1 aliphatic carbocycles. The molecule has 0 spiro atoms. The van der Waals surface area contributed by atoms with Crippen LogP contribution in [0.2, 0.25) is 0 Å². The van der Waals surface area contributed by atoms with E-state index in [-0.39, 0.29) is 17.7 Å². The number of hydrogen-bond acceptors (Lipinski definition) is 2. The minimum atomic E-state index is 0.0184. The molecule has 1 saturated carbocycles. The van der Waals surface area contributed by atoms with Crippen molar-refractivity contribution < 1.29 is 9.59 Å². The van der Waals surface area contributed by atoms with Gasteiger partial charge in [-0.15, -0.1) is 0 Å². The van der Waals surface area contributed by atoms with E-state index in [0.29, 0.717) is 19.0 Å². The van der Waals surface area contributed by atoms with Crippen LogP contribution in [0.4, 0.5) is 0 Å². The molecule has 0 aromatic carbocycles. The van der Waals surface area contributed by atoms with E-state index in [1.165, 1.54) is 0 Å². The summed E-state index contributed by atoms with van der Waals surface area (Å²) in [4.78, 5) is 25.3. The van der Waals surface area contributed by atoms with Crippen LogP contribution < -0.4 is 5.32 Å². The van der Waals surface area contributed by atoms with Gasteiger partial charge < -0.3 is 10.2 Å². The minimum Gasteiger partial charge on any atom is -0.353 e. The van der Waals surface area contributed by atoms with Crippen molar-refractivity contribution in [2.45, 2.75) is 45.1 Å². The predicted molar refractivity (Wildman–Crippen MR) is 60.8 cm³/mol. The Morgan fingerprint density at radius 3 is 2.69 bits per heavy atom. The van der Waals surface area contributed by atoms with Crippen molar-refractivity contribution in [3.63, 3.8) is 0 Å². The zero-order valence-electron chi connectivity index (χ0n) is 9.87. The molecule has 0 bridgehead atoms. The standard InChI is InChI=1S/C12H20N2O2/c1-2-11(15)14-7-3-4-9(8-14)12(16)13-10-5-6-10/h9-10H,2-8H2,1H3,(H,13,16). The molecule has 2 aliphatic rings. The highest BCUT2D eigenvalue weighted by Crippen LogP contribution is 2.22. The number of likely N-dealkylation sites (tertiary alicyclic amines) is 1. The van der Waals surface area contributed by atoms with E-state index in [0.717, 1.165) is 32.2 Å². The van der Waals surface area contributed by atoms with Gasteiger partial charge in [-0.3, -0.25) is 9.59 Å². The summed E-state index contributed by atoms with van der Waals surface area (Å²) in [6, 6.07) is 0.421. The zero-order valence-corrected chi connectivity index (χ0v) is 9.87. The molecule has 0 aromatic heterocycles. The highest BCUT2D eigenvalue weighted by Gasteiger charge is 2.31. The zero-order chi connectivity index (χ0) is 11.5. The Kier molecular flexibility index (Phi) is 3.46. The van der Waals surface area contributed by atoms with Gasteiger partial charge in [0.25, 0.3) is 0 Å². The molecule has 2 amide bonds. The van der Waals surface area contributed by atoms with Crippen molar-refractivity contribution >= 4 is 11.8 Å². The minimum absolute atomic E-state index is 0.0184. The highest BCUT2D eigenvalue weighted by atomic mass is 16.2. The van der Waals surface area contributed by atoms with Crippen LogP contribution in [0.3, 0.4) is 0 Å². The molecular weight excluding hydrogens is 204 g/mol. The van der Waals surface area contributed by atoms with E-state index in [9.17, 15) is 9.59 Å². The quantitative estimate of drug-likeness (QED) is 0.774. The SMILES string of the molecule is CCC(=O)N1CCCC(C(=O)NC2CC2)C1. The van der Waals surface area contributed by atoms with Gasteiger partial charge in [0.05, 0.1) is 5.92 Å². The molecule has 0 radical (unpaired) electrons. The normalized spacial score (nSPS) is 25.3. The van der Waals surface area contributed by atoms with E-state index >= 15 is 0 Å². The Morgan fingerprint density at radius 2 is 2.06 bits per heavy atom. The number of amides is 2. The number of nitrogens with zero attached hydrogens (tertiary/aromatic N) is 1. The van der Waals surface area contributed by atoms with Crippen LogP contribution in [-0.4, -0.2) is 35.8 Å². The van der Waals surface area contributed by atoms with Crippen LogP contribution in [0, 0.1) is 5.92 Å². The third-order valence-electron chi connectivity index (χ3n) is 3.37. The van der Waals surface area contributed by atoms with Gasteiger partial charge in [-0.05, 0) is 25.7 Å². The van der Waals surface area contributed by atoms with E-state index in [1.807, 2.05) is 11.8 Å². The van der Waals surface area contributed by atoms with E-state index in [4.69, 9.17) is 0 Å². The topological polar surface area (TPSA) is 49.4 Å². The van der Waals surface area contributed by atoms with Gasteiger partial charge in [-0.25, -0.2) is 0 Å². The number of carbonyl (C=O) groups is 2. The molecule has 4 heteroatoms. The first-order valence-electron chi connectivity index (χ1n) is 6.29. The van der Waals surface area contributed by atoms with Gasteiger partial charge in [0.1, 0.15) is 0 Å². The fourth-order valence-electron chi connectivity index (χ4n) is 2.19. The second-order valence-electron chi connectivity index (χ2n) is 4.82. The number of rotatable bonds is 3. The van der Waals surface area contributed by atoms with Gasteiger partial charge >= 0.3 is 0 Å². The lowest BCUT2D eigenvalue weighted by molar-refractivity contribution is -0.135. The molecule has 4 nitrogen and oxygen atoms in total. The predicted octanol–water partition coefficient (Wildman–Crippen LogP) is 0.914. The number of carbonyl (C=O) groups excluding carboxylic acids is 2. The van der Waals surface area contributed by atoms with Crippen molar-refractivity contribution in [3.05, 3.63) is 0 Å². The lowest BCUT2D eigenvalue weighted by Crippen LogP contribution is -2.45. The summed E-state index contributed by atoms with van der Waals surface area (Å²) in [7, 11) is 0. The molecule has 1 atom stereocenters. The average Bonchev–Trinajstić information content (AvgIpc) is 3.12. The van der Waals surface area contributed by atoms with Crippen LogP contribution in [0.1, 0.15) is 39.0 Å². The fraction of sp³-hybridized carbons (Fsp3) is 0.833. The van der Waals surface area contributed by atoms with Crippen LogP contribution in [-0.2, 0) is 9.59 Å². The largest absolute Gasteiger partial charge is 0.353 e. The first kappa shape index (κ1) is 11.4. The Morgan fingerprint density at radius 1 is 1.31 bits per heavy atom. The lowest BCUT2D eigenvalue weighted by atomic mass is 9.97. The van der Waals surface area contributed by atoms with Crippen molar-refractivity contribution in [2.75, 3.05) is 13.1 Å². The Bertz CT molecular complexity index is 287. The van der Waals surface area contributed by atoms with Crippen LogP contribution in [0.5, 0.6) is 0 Å². The molecule has 0 aromatic rings. The summed E-state index contributed by atoms with van der Waals surface area (Å²) in [5.74, 6) is 0.338. The third-order valence-corrected chi connectivity index (χ3v) is 3.37. The smallest absolute Gasteiger partial charge is 0.225 e. The van der Waals surface area contributed by atoms with E-state index < -0.39 is 0 Å². The molecule has 90 valence electrons. The van der Waals surface area contributed by atoms with Crippen LogP contribution in [0.15, 0.2) is 0 Å². The maximum Gasteiger partial charge on any atom is 0.225 e. The average molecular weight is 224 g/mol. The molecule has 1 aliphatic heterocycles. The first-order chi connectivity index (χ1) is 7.70. The second-order valence-corrected chi connectivity index (χ2v) is 4.82. The third kappa shape index (κ3) is 2.74. The maximum atomic E-state index is 11.9. The van der Waals surface area contributed by atoms with Gasteiger partial charge in [-0.1, -0.05) is 6.92 Å². The molecule has 2 fully saturated rings. The first-order valence-corrected chi connectivity index (χ1v) is 6.29. The highest BCUT2D eigenvalue weighted by molar-refractivity contribution is 5.81. The van der Waals surface area contributed by atoms with Crippen molar-refractivity contribution in [1.82, 2.24) is 10.2 Å². The Hall–Kier alpha value is -1.06. The molecule has 1 N–H and O–H groups in total. The van der Waals surface area contributed by atoms with Gasteiger partial charge in [0.15, 0.2) is 0 Å². The summed E-state index contributed by atoms with van der Waals surface area (Å²) < 4.78 is 0. The molecule has 1 saturated heterocycles. The van der Waals surface area contributed by atoms with Crippen molar-refractivity contribution in [2.24, 2.45) is 5.92 Å². The second kappa shape index (κ2) is 4.85. The molecule has 16 heavy (non-hydrogen) atoms. The van der Waals surface area contributed by atoms with Gasteiger partial charge in [0, 0.05) is 25.6 Å². The van der Waals surface area contributed by atoms with E-state index in [1.54, 1.807) is 0 Å². The van der Waals surface area contributed by atoms with Crippen molar-refractivity contribution in [3.8, 4) is 0 Å². The van der Waals surface area contributed by atoms with Gasteiger partial charge in [0.2, 0.25) is 11.8 Å². The number of piperidine rings is 1. The fourth-order valence-corrected chi connectivity index (χ4v) is 2.19.